The molecule has 0 aliphatic rings. The number of benzene rings is 1. The summed E-state index contributed by atoms with van der Waals surface area (Å²) in [6.07, 6.45) is 1.84. The third-order valence-corrected chi connectivity index (χ3v) is 4.15. The van der Waals surface area contributed by atoms with Crippen molar-refractivity contribution in [3.63, 3.8) is 0 Å². The lowest BCUT2D eigenvalue weighted by atomic mass is 10.2. The second kappa shape index (κ2) is 5.16. The van der Waals surface area contributed by atoms with Crippen LogP contribution in [0, 0.1) is 6.92 Å². The topological polar surface area (TPSA) is 42.2 Å². The van der Waals surface area contributed by atoms with Gasteiger partial charge in [0, 0.05) is 34.8 Å². The first-order chi connectivity index (χ1) is 8.11. The molecule has 0 aliphatic carbocycles. The maximum atomic E-state index is 5.60. The van der Waals surface area contributed by atoms with E-state index in [1.54, 1.807) is 11.3 Å². The first-order valence-corrected chi connectivity index (χ1v) is 6.87. The Kier molecular flexibility index (Phi) is 3.81. The summed E-state index contributed by atoms with van der Waals surface area (Å²) in [4.78, 5) is 7.57. The van der Waals surface area contributed by atoms with E-state index in [1.165, 1.54) is 5.56 Å². The second-order valence-corrected chi connectivity index (χ2v) is 5.81. The van der Waals surface area contributed by atoms with E-state index >= 15 is 0 Å². The van der Waals surface area contributed by atoms with Gasteiger partial charge in [-0.1, -0.05) is 22.0 Å². The molecule has 1 aromatic carbocycles. The third-order valence-electron chi connectivity index (χ3n) is 2.56. The molecule has 0 unspecified atom stereocenters. The molecule has 5 heteroatoms. The molecule has 1 heterocycles. The molecule has 0 atom stereocenters. The van der Waals surface area contributed by atoms with Gasteiger partial charge in [-0.2, -0.15) is 0 Å². The average Bonchev–Trinajstić information content (AvgIpc) is 2.80. The van der Waals surface area contributed by atoms with E-state index < -0.39 is 0 Å². The molecule has 2 N–H and O–H groups in total. The summed E-state index contributed by atoms with van der Waals surface area (Å²) in [7, 11) is 2.02. The number of hydrogen-bond acceptors (Lipinski definition) is 4. The number of thiazole rings is 1. The molecule has 0 spiro atoms. The molecule has 0 radical (unpaired) electrons. The van der Waals surface area contributed by atoms with Gasteiger partial charge in [0.1, 0.15) is 0 Å². The van der Waals surface area contributed by atoms with Crippen LogP contribution >= 0.6 is 27.3 Å². The van der Waals surface area contributed by atoms with E-state index in [9.17, 15) is 0 Å². The minimum absolute atomic E-state index is 0.545. The van der Waals surface area contributed by atoms with Crippen molar-refractivity contribution in [3.05, 3.63) is 39.3 Å². The summed E-state index contributed by atoms with van der Waals surface area (Å²) >= 11 is 5.12. The van der Waals surface area contributed by atoms with E-state index in [1.807, 2.05) is 19.3 Å². The number of halogens is 1. The summed E-state index contributed by atoms with van der Waals surface area (Å²) in [6, 6.07) is 6.23. The van der Waals surface area contributed by atoms with Gasteiger partial charge in [-0.3, -0.25) is 0 Å². The number of rotatable bonds is 3. The first kappa shape index (κ1) is 12.5. The molecule has 0 bridgehead atoms. The highest BCUT2D eigenvalue weighted by Crippen LogP contribution is 2.31. The van der Waals surface area contributed by atoms with Gasteiger partial charge in [0.15, 0.2) is 5.13 Å². The van der Waals surface area contributed by atoms with Crippen LogP contribution in [0.4, 0.5) is 10.8 Å². The largest absolute Gasteiger partial charge is 0.326 e. The molecule has 2 rings (SSSR count). The molecule has 3 nitrogen and oxygen atoms in total. The predicted octanol–water partition coefficient (Wildman–Crippen LogP) is 3.44. The summed E-state index contributed by atoms with van der Waals surface area (Å²) < 4.78 is 1.07. The van der Waals surface area contributed by atoms with E-state index in [0.717, 1.165) is 20.2 Å². The van der Waals surface area contributed by atoms with Crippen molar-refractivity contribution in [2.45, 2.75) is 13.5 Å². The van der Waals surface area contributed by atoms with Crippen molar-refractivity contribution in [2.75, 3.05) is 11.9 Å². The Balaban J connectivity index is 2.35. The van der Waals surface area contributed by atoms with E-state index in [0.29, 0.717) is 6.54 Å². The molecule has 0 amide bonds. The quantitative estimate of drug-likeness (QED) is 0.944. The van der Waals surface area contributed by atoms with E-state index in [2.05, 4.69) is 44.9 Å². The molecule has 90 valence electrons. The maximum Gasteiger partial charge on any atom is 0.189 e. The van der Waals surface area contributed by atoms with Crippen LogP contribution in [-0.4, -0.2) is 12.0 Å². The highest BCUT2D eigenvalue weighted by Gasteiger charge is 2.11. The van der Waals surface area contributed by atoms with Crippen LogP contribution in [0.25, 0.3) is 0 Å². The fourth-order valence-corrected chi connectivity index (χ4v) is 2.71. The van der Waals surface area contributed by atoms with Crippen LogP contribution < -0.4 is 10.6 Å². The van der Waals surface area contributed by atoms with Gasteiger partial charge in [0.25, 0.3) is 0 Å². The third kappa shape index (κ3) is 2.68. The van der Waals surface area contributed by atoms with Crippen molar-refractivity contribution in [3.8, 4) is 0 Å². The first-order valence-electron chi connectivity index (χ1n) is 5.26. The smallest absolute Gasteiger partial charge is 0.189 e. The van der Waals surface area contributed by atoms with Gasteiger partial charge in [-0.05, 0) is 24.6 Å². The molecule has 2 aromatic rings. The van der Waals surface area contributed by atoms with Crippen molar-refractivity contribution >= 4 is 38.1 Å². The number of nitrogens with zero attached hydrogens (tertiary/aromatic N) is 2. The molecule has 0 saturated heterocycles. The minimum Gasteiger partial charge on any atom is -0.326 e. The highest BCUT2D eigenvalue weighted by atomic mass is 79.9. The molecule has 0 saturated carbocycles. The Labute approximate surface area is 113 Å². The summed E-state index contributed by atoms with van der Waals surface area (Å²) in [5, 5.41) is 0.964. The van der Waals surface area contributed by atoms with Gasteiger partial charge in [0.05, 0.1) is 0 Å². The Morgan fingerprint density at radius 2 is 2.24 bits per heavy atom. The van der Waals surface area contributed by atoms with Crippen molar-refractivity contribution < 1.29 is 0 Å². The molecule has 0 aliphatic heterocycles. The maximum absolute atomic E-state index is 5.60. The van der Waals surface area contributed by atoms with Crippen LogP contribution in [-0.2, 0) is 6.54 Å². The standard InChI is InChI=1S/C12H14BrN3S/c1-8-3-4-9(13)5-11(8)16(2)12-15-7-10(6-14)17-12/h3-5,7H,6,14H2,1-2H3. The van der Waals surface area contributed by atoms with E-state index in [-0.39, 0.29) is 0 Å². The van der Waals surface area contributed by atoms with E-state index in [4.69, 9.17) is 5.73 Å². The van der Waals surface area contributed by atoms with Crippen LogP contribution in [0.3, 0.4) is 0 Å². The van der Waals surface area contributed by atoms with Crippen LogP contribution in [0.2, 0.25) is 0 Å². The summed E-state index contributed by atoms with van der Waals surface area (Å²) in [5.41, 5.74) is 7.97. The molecule has 0 fully saturated rings. The lowest BCUT2D eigenvalue weighted by Crippen LogP contribution is -2.10. The number of nitrogens with two attached hydrogens (primary N) is 1. The molecular formula is C12H14BrN3S. The summed E-state index contributed by atoms with van der Waals surface area (Å²) in [6.45, 7) is 2.64. The molecule has 17 heavy (non-hydrogen) atoms. The predicted molar refractivity (Wildman–Crippen MR) is 76.9 cm³/mol. The Morgan fingerprint density at radius 3 is 2.88 bits per heavy atom. The van der Waals surface area contributed by atoms with Gasteiger partial charge in [0.2, 0.25) is 0 Å². The fraction of sp³-hybridized carbons (Fsp3) is 0.250. The Bertz CT molecular complexity index is 524. The van der Waals surface area contributed by atoms with Crippen molar-refractivity contribution in [1.82, 2.24) is 4.98 Å². The minimum atomic E-state index is 0.545. The zero-order valence-electron chi connectivity index (χ0n) is 9.77. The second-order valence-electron chi connectivity index (χ2n) is 3.80. The average molecular weight is 312 g/mol. The summed E-state index contributed by atoms with van der Waals surface area (Å²) in [5.74, 6) is 0. The lowest BCUT2D eigenvalue weighted by molar-refractivity contribution is 1.09. The highest BCUT2D eigenvalue weighted by molar-refractivity contribution is 9.10. The van der Waals surface area contributed by atoms with Crippen LogP contribution in [0.1, 0.15) is 10.4 Å². The molecular weight excluding hydrogens is 298 g/mol. The zero-order valence-corrected chi connectivity index (χ0v) is 12.2. The lowest BCUT2D eigenvalue weighted by Gasteiger charge is -2.18. The van der Waals surface area contributed by atoms with Gasteiger partial charge in [-0.25, -0.2) is 4.98 Å². The van der Waals surface area contributed by atoms with Crippen molar-refractivity contribution in [1.29, 1.82) is 0 Å². The van der Waals surface area contributed by atoms with Crippen LogP contribution in [0.5, 0.6) is 0 Å². The Hall–Kier alpha value is -0.910. The monoisotopic (exact) mass is 311 g/mol. The SMILES string of the molecule is Cc1ccc(Br)cc1N(C)c1ncc(CN)s1. The number of anilines is 2. The van der Waals surface area contributed by atoms with Gasteiger partial charge in [-0.15, -0.1) is 11.3 Å². The Morgan fingerprint density at radius 1 is 1.47 bits per heavy atom. The zero-order chi connectivity index (χ0) is 12.4. The molecule has 1 aromatic heterocycles. The van der Waals surface area contributed by atoms with Crippen LogP contribution in [0.15, 0.2) is 28.9 Å². The number of aromatic nitrogens is 1. The number of aryl methyl sites for hydroxylation is 1. The van der Waals surface area contributed by atoms with Gasteiger partial charge >= 0.3 is 0 Å². The van der Waals surface area contributed by atoms with Crippen molar-refractivity contribution in [2.24, 2.45) is 5.73 Å². The van der Waals surface area contributed by atoms with Gasteiger partial charge < -0.3 is 10.6 Å². The number of hydrogen-bond donors (Lipinski definition) is 1. The normalized spacial score (nSPS) is 10.6. The fourth-order valence-electron chi connectivity index (χ4n) is 1.59.